The van der Waals surface area contributed by atoms with E-state index in [0.717, 1.165) is 59.7 Å². The molecule has 164 valence electrons. The van der Waals surface area contributed by atoms with Crippen molar-refractivity contribution in [1.82, 2.24) is 15.0 Å². The molecule has 1 unspecified atom stereocenters. The van der Waals surface area contributed by atoms with Gasteiger partial charge in [-0.15, -0.1) is 0 Å². The minimum atomic E-state index is 0.173. The highest BCUT2D eigenvalue weighted by Gasteiger charge is 2.28. The van der Waals surface area contributed by atoms with Crippen LogP contribution in [0.15, 0.2) is 60.7 Å². The Bertz CT molecular complexity index is 1210. The summed E-state index contributed by atoms with van der Waals surface area (Å²) >= 11 is 6.07. The van der Waals surface area contributed by atoms with Crippen molar-refractivity contribution in [3.8, 4) is 17.1 Å². The molecule has 1 saturated heterocycles. The molecule has 1 aliphatic rings. The van der Waals surface area contributed by atoms with Crippen LogP contribution in [0.1, 0.15) is 25.0 Å². The third-order valence-electron chi connectivity index (χ3n) is 5.86. The molecule has 0 radical (unpaired) electrons. The number of aromatic amines is 1. The van der Waals surface area contributed by atoms with Gasteiger partial charge in [0.1, 0.15) is 23.8 Å². The highest BCUT2D eigenvalue weighted by atomic mass is 35.5. The fraction of sp³-hybridized carbons (Fsp3) is 0.280. The number of aromatic nitrogens is 3. The summed E-state index contributed by atoms with van der Waals surface area (Å²) < 4.78 is 5.93. The van der Waals surface area contributed by atoms with Gasteiger partial charge in [-0.1, -0.05) is 48.0 Å². The van der Waals surface area contributed by atoms with Crippen LogP contribution in [0.5, 0.6) is 5.75 Å². The molecule has 3 heterocycles. The van der Waals surface area contributed by atoms with Crippen molar-refractivity contribution in [2.75, 3.05) is 18.1 Å². The molecule has 2 N–H and O–H groups in total. The summed E-state index contributed by atoms with van der Waals surface area (Å²) in [6.45, 7) is 1.47. The fourth-order valence-corrected chi connectivity index (χ4v) is 4.52. The van der Waals surface area contributed by atoms with E-state index in [1.165, 1.54) is 0 Å². The summed E-state index contributed by atoms with van der Waals surface area (Å²) in [5.41, 5.74) is 2.67. The summed E-state index contributed by atoms with van der Waals surface area (Å²) in [6.07, 6.45) is 2.88. The second-order valence-corrected chi connectivity index (χ2v) is 8.48. The van der Waals surface area contributed by atoms with E-state index in [9.17, 15) is 5.11 Å². The summed E-state index contributed by atoms with van der Waals surface area (Å²) in [4.78, 5) is 15.5. The Balaban J connectivity index is 1.53. The number of hydrogen-bond acceptors (Lipinski definition) is 5. The summed E-state index contributed by atoms with van der Waals surface area (Å²) in [6, 6.07) is 19.7. The highest BCUT2D eigenvalue weighted by Crippen LogP contribution is 2.34. The van der Waals surface area contributed by atoms with E-state index in [2.05, 4.69) is 16.0 Å². The van der Waals surface area contributed by atoms with Crippen molar-refractivity contribution >= 4 is 28.5 Å². The lowest BCUT2D eigenvalue weighted by molar-refractivity contribution is 0.275. The molecule has 0 bridgehead atoms. The second-order valence-electron chi connectivity index (χ2n) is 8.04. The van der Waals surface area contributed by atoms with E-state index in [4.69, 9.17) is 26.3 Å². The van der Waals surface area contributed by atoms with Gasteiger partial charge in [-0.3, -0.25) is 0 Å². The molecule has 0 saturated carbocycles. The third kappa shape index (κ3) is 4.29. The number of ether oxygens (including phenoxy) is 1. The van der Waals surface area contributed by atoms with Crippen molar-refractivity contribution < 1.29 is 9.84 Å². The number of aliphatic hydroxyl groups is 1. The number of anilines is 1. The average Bonchev–Trinajstić information content (AvgIpc) is 3.44. The van der Waals surface area contributed by atoms with Crippen LogP contribution in [-0.2, 0) is 6.61 Å². The van der Waals surface area contributed by atoms with Crippen molar-refractivity contribution in [1.29, 1.82) is 0 Å². The van der Waals surface area contributed by atoms with Gasteiger partial charge in [0, 0.05) is 29.8 Å². The van der Waals surface area contributed by atoms with Gasteiger partial charge >= 0.3 is 0 Å². The lowest BCUT2D eigenvalue weighted by Gasteiger charge is -2.26. The van der Waals surface area contributed by atoms with Gasteiger partial charge in [0.25, 0.3) is 0 Å². The Kier molecular flexibility index (Phi) is 5.97. The van der Waals surface area contributed by atoms with Crippen LogP contribution in [0.3, 0.4) is 0 Å². The van der Waals surface area contributed by atoms with Gasteiger partial charge in [-0.2, -0.15) is 0 Å². The van der Waals surface area contributed by atoms with E-state index >= 15 is 0 Å². The normalized spacial score (nSPS) is 16.1. The number of hydrogen-bond donors (Lipinski definition) is 2. The molecule has 6 nitrogen and oxygen atoms in total. The number of aliphatic hydroxyl groups excluding tert-OH is 1. The maximum Gasteiger partial charge on any atom is 0.163 e. The van der Waals surface area contributed by atoms with Gasteiger partial charge in [-0.05, 0) is 43.5 Å². The van der Waals surface area contributed by atoms with Gasteiger partial charge < -0.3 is 19.7 Å². The third-order valence-corrected chi connectivity index (χ3v) is 6.09. The van der Waals surface area contributed by atoms with Crippen LogP contribution in [0.4, 0.5) is 5.82 Å². The Morgan fingerprint density at radius 3 is 2.78 bits per heavy atom. The zero-order valence-corrected chi connectivity index (χ0v) is 18.4. The number of halogens is 1. The van der Waals surface area contributed by atoms with Crippen LogP contribution in [0.25, 0.3) is 22.4 Å². The van der Waals surface area contributed by atoms with Crippen LogP contribution in [-0.4, -0.2) is 39.3 Å². The zero-order valence-electron chi connectivity index (χ0n) is 17.7. The molecule has 1 aliphatic heterocycles. The van der Waals surface area contributed by atoms with Crippen LogP contribution in [0.2, 0.25) is 5.02 Å². The van der Waals surface area contributed by atoms with Crippen LogP contribution in [0, 0.1) is 0 Å². The standard InChI is InChI=1S/C25H25ClN4O2/c26-18-8-4-10-21(14-18)32-16-19-15-22-24(27-19)28-23(17-6-2-1-3-7-17)29-25(22)30-12-5-9-20(30)11-13-31/h1-4,6-8,10,14-15,20,31H,5,9,11-13,16H2,(H,27,28,29). The summed E-state index contributed by atoms with van der Waals surface area (Å²) in [5, 5.41) is 11.2. The first-order valence-corrected chi connectivity index (χ1v) is 11.3. The minimum Gasteiger partial charge on any atom is -0.487 e. The van der Waals surface area contributed by atoms with Crippen LogP contribution < -0.4 is 9.64 Å². The Hall–Kier alpha value is -3.09. The van der Waals surface area contributed by atoms with Crippen molar-refractivity contribution in [3.63, 3.8) is 0 Å². The number of nitrogens with one attached hydrogen (secondary N) is 1. The van der Waals surface area contributed by atoms with Gasteiger partial charge in [0.15, 0.2) is 5.82 Å². The molecule has 0 aliphatic carbocycles. The number of benzene rings is 2. The molecule has 1 fully saturated rings. The molecular formula is C25H25ClN4O2. The SMILES string of the molecule is OCCC1CCCN1c1nc(-c2ccccc2)nc2[nH]c(COc3cccc(Cl)c3)cc12. The van der Waals surface area contributed by atoms with Gasteiger partial charge in [0.05, 0.1) is 11.1 Å². The highest BCUT2D eigenvalue weighted by molar-refractivity contribution is 6.30. The van der Waals surface area contributed by atoms with Crippen molar-refractivity contribution in [2.45, 2.75) is 31.9 Å². The number of fused-ring (bicyclic) bond motifs is 1. The van der Waals surface area contributed by atoms with Gasteiger partial charge in [-0.25, -0.2) is 9.97 Å². The first-order valence-electron chi connectivity index (χ1n) is 10.9. The Morgan fingerprint density at radius 1 is 1.09 bits per heavy atom. The summed E-state index contributed by atoms with van der Waals surface area (Å²) in [7, 11) is 0. The quantitative estimate of drug-likeness (QED) is 0.406. The maximum absolute atomic E-state index is 9.55. The summed E-state index contributed by atoms with van der Waals surface area (Å²) in [5.74, 6) is 2.32. The topological polar surface area (TPSA) is 74.3 Å². The van der Waals surface area contributed by atoms with Crippen molar-refractivity contribution in [3.05, 3.63) is 71.4 Å². The van der Waals surface area contributed by atoms with E-state index in [0.29, 0.717) is 17.5 Å². The molecule has 1 atom stereocenters. The van der Waals surface area contributed by atoms with Crippen molar-refractivity contribution in [2.24, 2.45) is 0 Å². The lowest BCUT2D eigenvalue weighted by Crippen LogP contribution is -2.31. The monoisotopic (exact) mass is 448 g/mol. The smallest absolute Gasteiger partial charge is 0.163 e. The number of H-pyrrole nitrogens is 1. The first-order chi connectivity index (χ1) is 15.7. The molecule has 0 amide bonds. The number of rotatable bonds is 7. The maximum atomic E-state index is 9.55. The Morgan fingerprint density at radius 2 is 1.97 bits per heavy atom. The van der Waals surface area contributed by atoms with Crippen LogP contribution >= 0.6 is 11.6 Å². The molecule has 32 heavy (non-hydrogen) atoms. The number of nitrogens with zero attached hydrogens (tertiary/aromatic N) is 3. The van der Waals surface area contributed by atoms with Gasteiger partial charge in [0.2, 0.25) is 0 Å². The molecule has 2 aromatic carbocycles. The fourth-order valence-electron chi connectivity index (χ4n) is 4.34. The lowest BCUT2D eigenvalue weighted by atomic mass is 10.1. The predicted molar refractivity (Wildman–Crippen MR) is 127 cm³/mol. The second kappa shape index (κ2) is 9.18. The molecular weight excluding hydrogens is 424 g/mol. The molecule has 5 rings (SSSR count). The van der Waals surface area contributed by atoms with E-state index < -0.39 is 0 Å². The molecule has 2 aromatic heterocycles. The largest absolute Gasteiger partial charge is 0.487 e. The molecule has 0 spiro atoms. The van der Waals surface area contributed by atoms with E-state index in [1.54, 1.807) is 6.07 Å². The zero-order chi connectivity index (χ0) is 21.9. The predicted octanol–water partition coefficient (Wildman–Crippen LogP) is 5.21. The molecule has 4 aromatic rings. The first kappa shape index (κ1) is 20.8. The minimum absolute atomic E-state index is 0.173. The molecule has 7 heteroatoms. The Labute approximate surface area is 191 Å². The average molecular weight is 449 g/mol. The van der Waals surface area contributed by atoms with E-state index in [1.807, 2.05) is 48.5 Å². The van der Waals surface area contributed by atoms with E-state index in [-0.39, 0.29) is 12.6 Å².